The predicted octanol–water partition coefficient (Wildman–Crippen LogP) is 4.33. The minimum absolute atomic E-state index is 0.290. The SMILES string of the molecule is CCC(Oc1cc(Cl)ccc1C#N)c1cc(I)no1. The van der Waals surface area contributed by atoms with E-state index in [1.54, 1.807) is 18.2 Å². The van der Waals surface area contributed by atoms with E-state index in [4.69, 9.17) is 26.1 Å². The van der Waals surface area contributed by atoms with Gasteiger partial charge in [0.15, 0.2) is 11.9 Å². The topological polar surface area (TPSA) is 59.0 Å². The molecule has 0 radical (unpaired) electrons. The fourth-order valence-electron chi connectivity index (χ4n) is 1.60. The lowest BCUT2D eigenvalue weighted by Crippen LogP contribution is -2.06. The van der Waals surface area contributed by atoms with Gasteiger partial charge < -0.3 is 9.26 Å². The van der Waals surface area contributed by atoms with Crippen LogP contribution in [-0.2, 0) is 0 Å². The van der Waals surface area contributed by atoms with Crippen molar-refractivity contribution in [2.45, 2.75) is 19.4 Å². The van der Waals surface area contributed by atoms with Crippen LogP contribution in [0.3, 0.4) is 0 Å². The minimum Gasteiger partial charge on any atom is -0.481 e. The van der Waals surface area contributed by atoms with Gasteiger partial charge in [-0.15, -0.1) is 0 Å². The molecule has 0 N–H and O–H groups in total. The molecule has 0 aliphatic heterocycles. The van der Waals surface area contributed by atoms with Gasteiger partial charge in [-0.05, 0) is 41.1 Å². The zero-order chi connectivity index (χ0) is 13.8. The summed E-state index contributed by atoms with van der Waals surface area (Å²) in [7, 11) is 0. The molecule has 1 aromatic carbocycles. The van der Waals surface area contributed by atoms with Crippen molar-refractivity contribution in [1.29, 1.82) is 5.26 Å². The summed E-state index contributed by atoms with van der Waals surface area (Å²) < 4.78 is 11.8. The molecule has 0 aliphatic rings. The van der Waals surface area contributed by atoms with Gasteiger partial charge in [0.1, 0.15) is 15.5 Å². The number of halogens is 2. The Morgan fingerprint density at radius 1 is 1.53 bits per heavy atom. The Hall–Kier alpha value is -1.26. The van der Waals surface area contributed by atoms with Crippen molar-refractivity contribution in [1.82, 2.24) is 5.16 Å². The first-order valence-corrected chi connectivity index (χ1v) is 7.08. The molecule has 19 heavy (non-hydrogen) atoms. The molecule has 0 amide bonds. The first-order valence-electron chi connectivity index (χ1n) is 5.62. The van der Waals surface area contributed by atoms with Crippen molar-refractivity contribution in [2.75, 3.05) is 0 Å². The van der Waals surface area contributed by atoms with Gasteiger partial charge in [0.2, 0.25) is 0 Å². The van der Waals surface area contributed by atoms with Gasteiger partial charge in [0.05, 0.1) is 5.56 Å². The van der Waals surface area contributed by atoms with E-state index in [1.165, 1.54) is 0 Å². The van der Waals surface area contributed by atoms with Crippen molar-refractivity contribution in [3.8, 4) is 11.8 Å². The Morgan fingerprint density at radius 3 is 2.89 bits per heavy atom. The second-order valence-electron chi connectivity index (χ2n) is 3.82. The lowest BCUT2D eigenvalue weighted by atomic mass is 10.2. The highest BCUT2D eigenvalue weighted by atomic mass is 127. The molecule has 1 heterocycles. The van der Waals surface area contributed by atoms with Crippen LogP contribution in [0.25, 0.3) is 0 Å². The molecule has 4 nitrogen and oxygen atoms in total. The zero-order valence-electron chi connectivity index (χ0n) is 10.1. The normalized spacial score (nSPS) is 11.9. The van der Waals surface area contributed by atoms with E-state index in [0.717, 1.165) is 3.70 Å². The first kappa shape index (κ1) is 14.2. The third-order valence-corrected chi connectivity index (χ3v) is 3.26. The zero-order valence-corrected chi connectivity index (χ0v) is 13.0. The number of rotatable bonds is 4. The summed E-state index contributed by atoms with van der Waals surface area (Å²) in [4.78, 5) is 0. The van der Waals surface area contributed by atoms with Gasteiger partial charge in [-0.2, -0.15) is 5.26 Å². The van der Waals surface area contributed by atoms with Gasteiger partial charge in [0, 0.05) is 17.2 Å². The molecule has 0 bridgehead atoms. The molecule has 1 aromatic heterocycles. The Morgan fingerprint density at radius 2 is 2.32 bits per heavy atom. The van der Waals surface area contributed by atoms with Crippen LogP contribution in [-0.4, -0.2) is 5.16 Å². The van der Waals surface area contributed by atoms with Crippen LogP contribution in [0.5, 0.6) is 5.75 Å². The minimum atomic E-state index is -0.290. The Kier molecular flexibility index (Phi) is 4.66. The van der Waals surface area contributed by atoms with Crippen molar-refractivity contribution in [2.24, 2.45) is 0 Å². The van der Waals surface area contributed by atoms with E-state index < -0.39 is 0 Å². The van der Waals surface area contributed by atoms with Crippen LogP contribution >= 0.6 is 34.2 Å². The van der Waals surface area contributed by atoms with Crippen LogP contribution < -0.4 is 4.74 Å². The van der Waals surface area contributed by atoms with E-state index in [-0.39, 0.29) is 6.10 Å². The number of hydrogen-bond donors (Lipinski definition) is 0. The Bertz CT molecular complexity index is 621. The highest BCUT2D eigenvalue weighted by Gasteiger charge is 2.18. The number of hydrogen-bond acceptors (Lipinski definition) is 4. The highest BCUT2D eigenvalue weighted by molar-refractivity contribution is 14.1. The van der Waals surface area contributed by atoms with Gasteiger partial charge >= 0.3 is 0 Å². The summed E-state index contributed by atoms with van der Waals surface area (Å²) in [6, 6.07) is 8.81. The number of aromatic nitrogens is 1. The lowest BCUT2D eigenvalue weighted by Gasteiger charge is -2.15. The van der Waals surface area contributed by atoms with Crippen LogP contribution in [0, 0.1) is 15.0 Å². The predicted molar refractivity (Wildman–Crippen MR) is 79.0 cm³/mol. The van der Waals surface area contributed by atoms with E-state index in [0.29, 0.717) is 28.5 Å². The van der Waals surface area contributed by atoms with Crippen LogP contribution in [0.1, 0.15) is 30.8 Å². The van der Waals surface area contributed by atoms with Gasteiger partial charge in [0.25, 0.3) is 0 Å². The largest absolute Gasteiger partial charge is 0.481 e. The molecule has 0 fully saturated rings. The number of nitriles is 1. The van der Waals surface area contributed by atoms with E-state index in [2.05, 4.69) is 33.8 Å². The summed E-state index contributed by atoms with van der Waals surface area (Å²) in [5, 5.41) is 13.4. The summed E-state index contributed by atoms with van der Waals surface area (Å²) in [5.41, 5.74) is 0.442. The second kappa shape index (κ2) is 6.26. The number of benzene rings is 1. The lowest BCUT2D eigenvalue weighted by molar-refractivity contribution is 0.159. The second-order valence-corrected chi connectivity index (χ2v) is 5.36. The molecule has 98 valence electrons. The molecule has 0 saturated heterocycles. The Balaban J connectivity index is 2.28. The van der Waals surface area contributed by atoms with Crippen LogP contribution in [0.4, 0.5) is 0 Å². The summed E-state index contributed by atoms with van der Waals surface area (Å²) >= 11 is 7.99. The molecule has 1 atom stereocenters. The van der Waals surface area contributed by atoms with Gasteiger partial charge in [-0.1, -0.05) is 23.7 Å². The van der Waals surface area contributed by atoms with Crippen molar-refractivity contribution in [3.63, 3.8) is 0 Å². The molecule has 0 aliphatic carbocycles. The summed E-state index contributed by atoms with van der Waals surface area (Å²) in [6.45, 7) is 1.97. The molecule has 6 heteroatoms. The van der Waals surface area contributed by atoms with Crippen LogP contribution in [0.15, 0.2) is 28.8 Å². The molecular formula is C13H10ClIN2O2. The quantitative estimate of drug-likeness (QED) is 0.731. The molecule has 1 unspecified atom stereocenters. The fourth-order valence-corrected chi connectivity index (χ4v) is 2.17. The van der Waals surface area contributed by atoms with Crippen molar-refractivity contribution in [3.05, 3.63) is 44.3 Å². The maximum atomic E-state index is 9.06. The van der Waals surface area contributed by atoms with E-state index in [9.17, 15) is 0 Å². The summed E-state index contributed by atoms with van der Waals surface area (Å²) in [6.07, 6.45) is 0.407. The average Bonchev–Trinajstić information content (AvgIpc) is 2.82. The maximum Gasteiger partial charge on any atom is 0.178 e. The first-order chi connectivity index (χ1) is 9.13. The van der Waals surface area contributed by atoms with Crippen molar-refractivity contribution >= 4 is 34.2 Å². The standard InChI is InChI=1S/C13H10ClIN2O2/c1-2-10(12-6-13(15)17-19-12)18-11-5-9(14)4-3-8(11)7-16/h3-6,10H,2H2,1H3. The number of ether oxygens (including phenoxy) is 1. The van der Waals surface area contributed by atoms with Crippen molar-refractivity contribution < 1.29 is 9.26 Å². The molecule has 0 saturated carbocycles. The number of nitrogens with zero attached hydrogens (tertiary/aromatic N) is 2. The highest BCUT2D eigenvalue weighted by Crippen LogP contribution is 2.30. The molecule has 2 aromatic rings. The van der Waals surface area contributed by atoms with E-state index >= 15 is 0 Å². The third-order valence-electron chi connectivity index (χ3n) is 2.52. The van der Waals surface area contributed by atoms with Gasteiger partial charge in [-0.25, -0.2) is 0 Å². The summed E-state index contributed by atoms with van der Waals surface area (Å²) in [5.74, 6) is 1.09. The monoisotopic (exact) mass is 388 g/mol. The van der Waals surface area contributed by atoms with E-state index in [1.807, 2.05) is 13.0 Å². The molecule has 0 spiro atoms. The fraction of sp³-hybridized carbons (Fsp3) is 0.231. The molecule has 2 rings (SSSR count). The van der Waals surface area contributed by atoms with Crippen LogP contribution in [0.2, 0.25) is 5.02 Å². The van der Waals surface area contributed by atoms with Gasteiger partial charge in [-0.3, -0.25) is 0 Å². The Labute approximate surface area is 129 Å². The average molecular weight is 389 g/mol. The molecular weight excluding hydrogens is 379 g/mol. The maximum absolute atomic E-state index is 9.06. The smallest absolute Gasteiger partial charge is 0.178 e. The third kappa shape index (κ3) is 3.39.